The summed E-state index contributed by atoms with van der Waals surface area (Å²) in [7, 11) is 0. The largest absolute Gasteiger partial charge is 0.480 e. The van der Waals surface area contributed by atoms with E-state index in [0.717, 1.165) is 4.47 Å². The zero-order chi connectivity index (χ0) is 17.0. The van der Waals surface area contributed by atoms with Crippen molar-refractivity contribution in [2.45, 2.75) is 26.2 Å². The van der Waals surface area contributed by atoms with E-state index >= 15 is 0 Å². The lowest BCUT2D eigenvalue weighted by Crippen LogP contribution is -2.18. The maximum Gasteiger partial charge on any atom is 0.349 e. The van der Waals surface area contributed by atoms with Gasteiger partial charge in [0, 0.05) is 4.47 Å². The molecule has 0 N–H and O–H groups in total. The maximum atomic E-state index is 11.8. The van der Waals surface area contributed by atoms with Crippen molar-refractivity contribution in [1.29, 1.82) is 0 Å². The first-order chi connectivity index (χ1) is 10.8. The van der Waals surface area contributed by atoms with Crippen LogP contribution >= 0.6 is 27.5 Å². The molecule has 0 bridgehead atoms. The lowest BCUT2D eigenvalue weighted by molar-refractivity contribution is -0.136. The molecule has 0 aliphatic heterocycles. The van der Waals surface area contributed by atoms with E-state index in [4.69, 9.17) is 21.1 Å². The number of benzene rings is 2. The Bertz CT molecular complexity index is 690. The molecule has 0 aliphatic rings. The zero-order valence-electron chi connectivity index (χ0n) is 13.2. The molecule has 0 fully saturated rings. The van der Waals surface area contributed by atoms with E-state index in [1.165, 1.54) is 5.56 Å². The molecule has 2 aromatic rings. The third-order valence-electron chi connectivity index (χ3n) is 3.19. The Kier molecular flexibility index (Phi) is 5.71. The summed E-state index contributed by atoms with van der Waals surface area (Å²) >= 11 is 9.33. The van der Waals surface area contributed by atoms with Crippen LogP contribution in [0.25, 0.3) is 0 Å². The van der Waals surface area contributed by atoms with Gasteiger partial charge in [0.2, 0.25) is 0 Å². The zero-order valence-corrected chi connectivity index (χ0v) is 15.6. The number of hydrogen-bond acceptors (Lipinski definition) is 3. The van der Waals surface area contributed by atoms with E-state index in [1.807, 2.05) is 12.1 Å². The second-order valence-corrected chi connectivity index (χ2v) is 7.43. The maximum absolute atomic E-state index is 11.8. The van der Waals surface area contributed by atoms with Crippen molar-refractivity contribution in [2.75, 3.05) is 6.61 Å². The molecule has 0 aromatic heterocycles. The molecule has 0 heterocycles. The molecular formula is C18H18BrClO3. The number of ether oxygens (including phenoxy) is 2. The number of carbonyl (C=O) groups is 1. The van der Waals surface area contributed by atoms with Crippen LogP contribution in [-0.4, -0.2) is 12.6 Å². The van der Waals surface area contributed by atoms with Crippen LogP contribution in [0.4, 0.5) is 0 Å². The van der Waals surface area contributed by atoms with E-state index in [2.05, 4.69) is 36.7 Å². The van der Waals surface area contributed by atoms with E-state index < -0.39 is 5.97 Å². The number of hydrogen-bond donors (Lipinski definition) is 0. The highest BCUT2D eigenvalue weighted by Crippen LogP contribution is 2.28. The van der Waals surface area contributed by atoms with Crippen LogP contribution in [0.2, 0.25) is 5.02 Å². The standard InChI is InChI=1S/C18H18BrClO3/c1-18(2,3)12-4-7-14(8-5-12)23-17(21)11-22-16-9-6-13(19)10-15(16)20/h4-10H,11H2,1-3H3. The summed E-state index contributed by atoms with van der Waals surface area (Å²) in [5, 5.41) is 0.432. The van der Waals surface area contributed by atoms with E-state index in [-0.39, 0.29) is 12.0 Å². The smallest absolute Gasteiger partial charge is 0.349 e. The van der Waals surface area contributed by atoms with Gasteiger partial charge in [-0.15, -0.1) is 0 Å². The summed E-state index contributed by atoms with van der Waals surface area (Å²) in [6, 6.07) is 12.7. The molecule has 3 nitrogen and oxygen atoms in total. The Hall–Kier alpha value is -1.52. The summed E-state index contributed by atoms with van der Waals surface area (Å²) in [5.74, 6) is 0.455. The molecule has 0 saturated carbocycles. The lowest BCUT2D eigenvalue weighted by Gasteiger charge is -2.19. The van der Waals surface area contributed by atoms with Gasteiger partial charge in [-0.1, -0.05) is 60.4 Å². The van der Waals surface area contributed by atoms with Gasteiger partial charge in [-0.3, -0.25) is 0 Å². The number of halogens is 2. The number of carbonyl (C=O) groups excluding carboxylic acids is 1. The number of esters is 1. The average Bonchev–Trinajstić information content (AvgIpc) is 2.46. The highest BCUT2D eigenvalue weighted by molar-refractivity contribution is 9.10. The van der Waals surface area contributed by atoms with Crippen LogP contribution in [0.1, 0.15) is 26.3 Å². The van der Waals surface area contributed by atoms with E-state index in [9.17, 15) is 4.79 Å². The third kappa shape index (κ3) is 5.26. The molecule has 0 atom stereocenters. The van der Waals surface area contributed by atoms with Gasteiger partial charge in [0.15, 0.2) is 6.61 Å². The van der Waals surface area contributed by atoms with E-state index in [1.54, 1.807) is 30.3 Å². The van der Waals surface area contributed by atoms with Crippen molar-refractivity contribution in [1.82, 2.24) is 0 Å². The Morgan fingerprint density at radius 1 is 1.13 bits per heavy atom. The summed E-state index contributed by atoms with van der Waals surface area (Å²) in [6.07, 6.45) is 0. The van der Waals surface area contributed by atoms with Crippen molar-refractivity contribution < 1.29 is 14.3 Å². The van der Waals surface area contributed by atoms with Crippen LogP contribution in [0, 0.1) is 0 Å². The van der Waals surface area contributed by atoms with Crippen LogP contribution < -0.4 is 9.47 Å². The van der Waals surface area contributed by atoms with Gasteiger partial charge in [-0.25, -0.2) is 4.79 Å². The minimum atomic E-state index is -0.479. The summed E-state index contributed by atoms with van der Waals surface area (Å²) in [5.41, 5.74) is 1.24. The van der Waals surface area contributed by atoms with Crippen molar-refractivity contribution in [2.24, 2.45) is 0 Å². The van der Waals surface area contributed by atoms with E-state index in [0.29, 0.717) is 16.5 Å². The fourth-order valence-electron chi connectivity index (χ4n) is 1.91. The van der Waals surface area contributed by atoms with Crippen molar-refractivity contribution >= 4 is 33.5 Å². The predicted molar refractivity (Wildman–Crippen MR) is 95.4 cm³/mol. The first kappa shape index (κ1) is 17.8. The fraction of sp³-hybridized carbons (Fsp3) is 0.278. The molecule has 2 aromatic carbocycles. The normalized spacial score (nSPS) is 11.2. The molecule has 23 heavy (non-hydrogen) atoms. The Morgan fingerprint density at radius 2 is 1.78 bits per heavy atom. The highest BCUT2D eigenvalue weighted by atomic mass is 79.9. The molecule has 0 radical (unpaired) electrons. The summed E-state index contributed by atoms with van der Waals surface area (Å²) in [4.78, 5) is 11.8. The lowest BCUT2D eigenvalue weighted by atomic mass is 9.87. The van der Waals surface area contributed by atoms with Crippen LogP contribution in [0.5, 0.6) is 11.5 Å². The van der Waals surface area contributed by atoms with Gasteiger partial charge in [0.05, 0.1) is 5.02 Å². The molecule has 0 unspecified atom stereocenters. The van der Waals surface area contributed by atoms with Crippen LogP contribution in [0.3, 0.4) is 0 Å². The molecular weight excluding hydrogens is 380 g/mol. The van der Waals surface area contributed by atoms with Crippen molar-refractivity contribution in [3.63, 3.8) is 0 Å². The van der Waals surface area contributed by atoms with Gasteiger partial charge in [-0.05, 0) is 41.3 Å². The molecule has 0 amide bonds. The van der Waals surface area contributed by atoms with Crippen LogP contribution in [-0.2, 0) is 10.2 Å². The van der Waals surface area contributed by atoms with Gasteiger partial charge < -0.3 is 9.47 Å². The first-order valence-corrected chi connectivity index (χ1v) is 8.32. The average molecular weight is 398 g/mol. The molecule has 122 valence electrons. The summed E-state index contributed by atoms with van der Waals surface area (Å²) in [6.45, 7) is 6.18. The molecule has 0 spiro atoms. The summed E-state index contributed by atoms with van der Waals surface area (Å²) < 4.78 is 11.5. The van der Waals surface area contributed by atoms with Gasteiger partial charge in [0.1, 0.15) is 11.5 Å². The number of rotatable bonds is 4. The predicted octanol–water partition coefficient (Wildman–Crippen LogP) is 5.38. The molecule has 0 saturated heterocycles. The van der Waals surface area contributed by atoms with Gasteiger partial charge in [-0.2, -0.15) is 0 Å². The van der Waals surface area contributed by atoms with Crippen molar-refractivity contribution in [3.8, 4) is 11.5 Å². The minimum Gasteiger partial charge on any atom is -0.480 e. The topological polar surface area (TPSA) is 35.5 Å². The Morgan fingerprint density at radius 3 is 2.35 bits per heavy atom. The van der Waals surface area contributed by atoms with Gasteiger partial charge >= 0.3 is 5.97 Å². The molecule has 2 rings (SSSR count). The van der Waals surface area contributed by atoms with Crippen molar-refractivity contribution in [3.05, 3.63) is 57.5 Å². The minimum absolute atomic E-state index is 0.0595. The van der Waals surface area contributed by atoms with Gasteiger partial charge in [0.25, 0.3) is 0 Å². The Balaban J connectivity index is 1.92. The second-order valence-electron chi connectivity index (χ2n) is 6.11. The molecule has 0 aliphatic carbocycles. The fourth-order valence-corrected chi connectivity index (χ4v) is 2.64. The second kappa shape index (κ2) is 7.37. The Labute approximate surface area is 149 Å². The first-order valence-electron chi connectivity index (χ1n) is 7.15. The SMILES string of the molecule is CC(C)(C)c1ccc(OC(=O)COc2ccc(Br)cc2Cl)cc1. The molecule has 5 heteroatoms. The highest BCUT2D eigenvalue weighted by Gasteiger charge is 2.14. The third-order valence-corrected chi connectivity index (χ3v) is 3.98. The van der Waals surface area contributed by atoms with Crippen LogP contribution in [0.15, 0.2) is 46.9 Å². The monoisotopic (exact) mass is 396 g/mol. The quantitative estimate of drug-likeness (QED) is 0.513.